The van der Waals surface area contributed by atoms with E-state index in [0.717, 1.165) is 22.3 Å². The highest BCUT2D eigenvalue weighted by atomic mass is 32.2. The molecule has 35 heavy (non-hydrogen) atoms. The van der Waals surface area contributed by atoms with Crippen LogP contribution in [0.5, 0.6) is 5.75 Å². The van der Waals surface area contributed by atoms with Crippen molar-refractivity contribution in [1.82, 2.24) is 9.62 Å². The van der Waals surface area contributed by atoms with Crippen molar-refractivity contribution < 1.29 is 17.9 Å². The normalized spacial score (nSPS) is 12.4. The standard InChI is InChI=1S/C28H34N2O4S/c1-6-34-25-12-14-26(15-13-25)35(32,33)30(18-24-10-8-7-9-11-24)19-28(31)29-23(5)27-17-21(3)20(2)16-22(27)4/h7-17,23H,6,18-19H2,1-5H3,(H,29,31)/t23-/m0/s1. The van der Waals surface area contributed by atoms with E-state index < -0.39 is 10.0 Å². The highest BCUT2D eigenvalue weighted by Crippen LogP contribution is 2.23. The van der Waals surface area contributed by atoms with Crippen LogP contribution in [-0.4, -0.2) is 31.8 Å². The Balaban J connectivity index is 1.84. The van der Waals surface area contributed by atoms with Crippen LogP contribution in [0.3, 0.4) is 0 Å². The second-order valence-corrected chi connectivity index (χ2v) is 10.7. The Kier molecular flexibility index (Phi) is 8.70. The summed E-state index contributed by atoms with van der Waals surface area (Å²) in [5.41, 5.74) is 5.25. The van der Waals surface area contributed by atoms with Gasteiger partial charge in [-0.15, -0.1) is 0 Å². The molecule has 3 aromatic rings. The van der Waals surface area contributed by atoms with Crippen molar-refractivity contribution in [2.45, 2.75) is 52.1 Å². The number of amides is 1. The summed E-state index contributed by atoms with van der Waals surface area (Å²) in [6.45, 7) is 10.2. The van der Waals surface area contributed by atoms with Crippen LogP contribution in [-0.2, 0) is 21.4 Å². The topological polar surface area (TPSA) is 75.7 Å². The summed E-state index contributed by atoms with van der Waals surface area (Å²) in [5.74, 6) is 0.233. The first-order valence-corrected chi connectivity index (χ1v) is 13.2. The van der Waals surface area contributed by atoms with Crippen LogP contribution in [0.15, 0.2) is 71.6 Å². The Morgan fingerprint density at radius 1 is 0.943 bits per heavy atom. The van der Waals surface area contributed by atoms with Crippen molar-refractivity contribution >= 4 is 15.9 Å². The lowest BCUT2D eigenvalue weighted by Crippen LogP contribution is -2.41. The van der Waals surface area contributed by atoms with E-state index in [0.29, 0.717) is 12.4 Å². The minimum absolute atomic E-state index is 0.0842. The van der Waals surface area contributed by atoms with E-state index in [1.54, 1.807) is 12.1 Å². The van der Waals surface area contributed by atoms with E-state index in [4.69, 9.17) is 4.74 Å². The Bertz CT molecular complexity index is 1260. The third-order valence-corrected chi connectivity index (χ3v) is 7.83. The molecular formula is C28H34N2O4S. The van der Waals surface area contributed by atoms with E-state index in [1.807, 2.05) is 58.0 Å². The molecule has 1 N–H and O–H groups in total. The number of rotatable bonds is 10. The number of carbonyl (C=O) groups excluding carboxylic acids is 1. The number of aryl methyl sites for hydroxylation is 3. The first-order chi connectivity index (χ1) is 16.6. The molecule has 3 aromatic carbocycles. The number of nitrogens with zero attached hydrogens (tertiary/aromatic N) is 1. The third-order valence-electron chi connectivity index (χ3n) is 6.02. The van der Waals surface area contributed by atoms with E-state index in [1.165, 1.54) is 22.0 Å². The van der Waals surface area contributed by atoms with Crippen LogP contribution in [0, 0.1) is 20.8 Å². The smallest absolute Gasteiger partial charge is 0.243 e. The van der Waals surface area contributed by atoms with Gasteiger partial charge in [0.2, 0.25) is 15.9 Å². The monoisotopic (exact) mass is 494 g/mol. The van der Waals surface area contributed by atoms with Crippen molar-refractivity contribution in [2.75, 3.05) is 13.2 Å². The van der Waals surface area contributed by atoms with Gasteiger partial charge >= 0.3 is 0 Å². The van der Waals surface area contributed by atoms with Crippen molar-refractivity contribution in [3.8, 4) is 5.75 Å². The van der Waals surface area contributed by atoms with E-state index in [2.05, 4.69) is 24.4 Å². The minimum atomic E-state index is -3.93. The fraction of sp³-hybridized carbons (Fsp3) is 0.321. The van der Waals surface area contributed by atoms with Crippen LogP contribution in [0.2, 0.25) is 0 Å². The molecule has 0 bridgehead atoms. The van der Waals surface area contributed by atoms with Gasteiger partial charge in [0.15, 0.2) is 0 Å². The zero-order valence-electron chi connectivity index (χ0n) is 21.0. The van der Waals surface area contributed by atoms with Crippen molar-refractivity contribution in [3.63, 3.8) is 0 Å². The predicted octanol–water partition coefficient (Wildman–Crippen LogP) is 5.08. The van der Waals surface area contributed by atoms with Gasteiger partial charge in [-0.1, -0.05) is 42.5 Å². The molecule has 0 fully saturated rings. The SMILES string of the molecule is CCOc1ccc(S(=O)(=O)N(CC(=O)N[C@@H](C)c2cc(C)c(C)cc2C)Cc2ccccc2)cc1. The summed E-state index contributed by atoms with van der Waals surface area (Å²) in [6, 6.07) is 19.5. The number of hydrogen-bond acceptors (Lipinski definition) is 4. The summed E-state index contributed by atoms with van der Waals surface area (Å²) >= 11 is 0. The number of hydrogen-bond donors (Lipinski definition) is 1. The quantitative estimate of drug-likeness (QED) is 0.427. The van der Waals surface area contributed by atoms with Crippen LogP contribution >= 0.6 is 0 Å². The van der Waals surface area contributed by atoms with Crippen LogP contribution in [0.25, 0.3) is 0 Å². The molecular weight excluding hydrogens is 460 g/mol. The van der Waals surface area contributed by atoms with Gasteiger partial charge in [-0.2, -0.15) is 4.31 Å². The van der Waals surface area contributed by atoms with Gasteiger partial charge in [-0.3, -0.25) is 4.79 Å². The summed E-state index contributed by atoms with van der Waals surface area (Å²) in [7, 11) is -3.93. The maximum absolute atomic E-state index is 13.5. The highest BCUT2D eigenvalue weighted by molar-refractivity contribution is 7.89. The lowest BCUT2D eigenvalue weighted by molar-refractivity contribution is -0.122. The maximum Gasteiger partial charge on any atom is 0.243 e. The summed E-state index contributed by atoms with van der Waals surface area (Å²) in [4.78, 5) is 13.2. The zero-order valence-corrected chi connectivity index (χ0v) is 21.9. The fourth-order valence-electron chi connectivity index (χ4n) is 4.01. The molecule has 3 rings (SSSR count). The molecule has 0 saturated carbocycles. The Labute approximate surface area is 209 Å². The molecule has 6 nitrogen and oxygen atoms in total. The molecule has 1 amide bonds. The van der Waals surface area contributed by atoms with Crippen molar-refractivity contribution in [1.29, 1.82) is 0 Å². The van der Waals surface area contributed by atoms with Crippen LogP contribution in [0.4, 0.5) is 0 Å². The average molecular weight is 495 g/mol. The largest absolute Gasteiger partial charge is 0.494 e. The molecule has 1 atom stereocenters. The maximum atomic E-state index is 13.5. The molecule has 0 unspecified atom stereocenters. The number of nitrogens with one attached hydrogen (secondary N) is 1. The Hall–Kier alpha value is -3.16. The summed E-state index contributed by atoms with van der Waals surface area (Å²) in [6.07, 6.45) is 0. The first kappa shape index (κ1) is 26.4. The van der Waals surface area contributed by atoms with Gasteiger partial charge < -0.3 is 10.1 Å². The second-order valence-electron chi connectivity index (χ2n) is 8.75. The summed E-state index contributed by atoms with van der Waals surface area (Å²) < 4.78 is 33.7. The molecule has 0 spiro atoms. The molecule has 0 aliphatic carbocycles. The van der Waals surface area contributed by atoms with Crippen molar-refractivity contribution in [3.05, 3.63) is 94.5 Å². The lowest BCUT2D eigenvalue weighted by Gasteiger charge is -2.24. The summed E-state index contributed by atoms with van der Waals surface area (Å²) in [5, 5.41) is 2.98. The van der Waals surface area contributed by atoms with Gasteiger partial charge in [-0.05, 0) is 86.7 Å². The number of sulfonamides is 1. The number of ether oxygens (including phenoxy) is 1. The van der Waals surface area contributed by atoms with Gasteiger partial charge in [0.1, 0.15) is 5.75 Å². The van der Waals surface area contributed by atoms with Gasteiger partial charge in [0.25, 0.3) is 0 Å². The molecule has 0 aromatic heterocycles. The molecule has 7 heteroatoms. The molecule has 0 saturated heterocycles. The number of carbonyl (C=O) groups is 1. The average Bonchev–Trinajstić information content (AvgIpc) is 2.82. The number of benzene rings is 3. The Morgan fingerprint density at radius 2 is 1.57 bits per heavy atom. The molecule has 186 valence electrons. The third kappa shape index (κ3) is 6.71. The fourth-order valence-corrected chi connectivity index (χ4v) is 5.40. The van der Waals surface area contributed by atoms with Crippen molar-refractivity contribution in [2.24, 2.45) is 0 Å². The molecule has 0 aliphatic heterocycles. The van der Waals surface area contributed by atoms with Crippen LogP contribution < -0.4 is 10.1 Å². The molecule has 0 heterocycles. The van der Waals surface area contributed by atoms with Gasteiger partial charge in [-0.25, -0.2) is 8.42 Å². The van der Waals surface area contributed by atoms with Crippen LogP contribution in [0.1, 0.15) is 47.7 Å². The molecule has 0 radical (unpaired) electrons. The highest BCUT2D eigenvalue weighted by Gasteiger charge is 2.27. The minimum Gasteiger partial charge on any atom is -0.494 e. The van der Waals surface area contributed by atoms with Gasteiger partial charge in [0.05, 0.1) is 24.1 Å². The molecule has 0 aliphatic rings. The van der Waals surface area contributed by atoms with E-state index in [-0.39, 0.29) is 29.9 Å². The zero-order chi connectivity index (χ0) is 25.6. The van der Waals surface area contributed by atoms with E-state index in [9.17, 15) is 13.2 Å². The van der Waals surface area contributed by atoms with Gasteiger partial charge in [0, 0.05) is 6.54 Å². The Morgan fingerprint density at radius 3 is 2.20 bits per heavy atom. The van der Waals surface area contributed by atoms with E-state index >= 15 is 0 Å². The second kappa shape index (κ2) is 11.5. The first-order valence-electron chi connectivity index (χ1n) is 11.8. The lowest BCUT2D eigenvalue weighted by atomic mass is 9.96. The predicted molar refractivity (Wildman–Crippen MR) is 139 cm³/mol.